The van der Waals surface area contributed by atoms with Crippen LogP contribution in [0.5, 0.6) is 0 Å². The summed E-state index contributed by atoms with van der Waals surface area (Å²) in [5, 5.41) is 3.29. The lowest BCUT2D eigenvalue weighted by Gasteiger charge is -2.24. The third-order valence-corrected chi connectivity index (χ3v) is 3.99. The lowest BCUT2D eigenvalue weighted by Crippen LogP contribution is -2.31. The molecule has 0 spiro atoms. The molecule has 2 atom stereocenters. The fourth-order valence-corrected chi connectivity index (χ4v) is 2.77. The predicted octanol–water partition coefficient (Wildman–Crippen LogP) is 3.47. The number of unbranched alkanes of at least 4 members (excludes halogenated alkanes) is 1. The minimum absolute atomic E-state index is 0.132. The third-order valence-electron chi connectivity index (χ3n) is 3.99. The van der Waals surface area contributed by atoms with Gasteiger partial charge in [-0.15, -0.1) is 0 Å². The van der Waals surface area contributed by atoms with Gasteiger partial charge in [0.15, 0.2) is 0 Å². The maximum Gasteiger partial charge on any atom is 0.241 e. The first-order valence-electron chi connectivity index (χ1n) is 7.81. The molecule has 2 rings (SSSR count). The van der Waals surface area contributed by atoms with E-state index in [0.717, 1.165) is 24.9 Å². The van der Waals surface area contributed by atoms with Gasteiger partial charge in [-0.05, 0) is 37.0 Å². The van der Waals surface area contributed by atoms with Crippen molar-refractivity contribution in [3.8, 4) is 0 Å². The largest absolute Gasteiger partial charge is 0.322 e. The number of carbonyl (C=O) groups excluding carboxylic acids is 1. The van der Waals surface area contributed by atoms with Crippen molar-refractivity contribution in [2.45, 2.75) is 52.2 Å². The van der Waals surface area contributed by atoms with E-state index >= 15 is 0 Å². The number of nitrogens with one attached hydrogen (secondary N) is 1. The predicted molar refractivity (Wildman–Crippen MR) is 82.1 cm³/mol. The van der Waals surface area contributed by atoms with Crippen LogP contribution >= 0.6 is 0 Å². The summed E-state index contributed by atoms with van der Waals surface area (Å²) in [7, 11) is 0. The third kappa shape index (κ3) is 4.03. The molecule has 1 aromatic rings. The van der Waals surface area contributed by atoms with Gasteiger partial charge in [0.2, 0.25) is 5.91 Å². The molecule has 0 aromatic heterocycles. The van der Waals surface area contributed by atoms with Gasteiger partial charge in [-0.3, -0.25) is 10.1 Å². The fourth-order valence-electron chi connectivity index (χ4n) is 2.77. The SMILES string of the molecule is CC(C)CCCCN1C(=O)C(C)NC1c1ccc(F)cc1. The Hall–Kier alpha value is -1.42. The van der Waals surface area contributed by atoms with Crippen LogP contribution in [0.15, 0.2) is 24.3 Å². The van der Waals surface area contributed by atoms with Gasteiger partial charge in [0.25, 0.3) is 0 Å². The lowest BCUT2D eigenvalue weighted by molar-refractivity contribution is -0.129. The van der Waals surface area contributed by atoms with E-state index in [2.05, 4.69) is 19.2 Å². The Labute approximate surface area is 126 Å². The minimum atomic E-state index is -0.250. The van der Waals surface area contributed by atoms with Crippen LogP contribution in [0.4, 0.5) is 4.39 Å². The molecule has 1 aromatic carbocycles. The number of rotatable bonds is 6. The molecule has 2 unspecified atom stereocenters. The van der Waals surface area contributed by atoms with Gasteiger partial charge in [-0.2, -0.15) is 0 Å². The summed E-state index contributed by atoms with van der Waals surface area (Å²) >= 11 is 0. The number of amides is 1. The minimum Gasteiger partial charge on any atom is -0.322 e. The Morgan fingerprint density at radius 3 is 2.52 bits per heavy atom. The standard InChI is InChI=1S/C17H25FN2O/c1-12(2)6-4-5-11-20-16(19-13(3)17(20)21)14-7-9-15(18)10-8-14/h7-10,12-13,16,19H,4-6,11H2,1-3H3. The smallest absolute Gasteiger partial charge is 0.241 e. The van der Waals surface area contributed by atoms with E-state index in [0.29, 0.717) is 5.92 Å². The molecule has 1 N–H and O–H groups in total. The van der Waals surface area contributed by atoms with Crippen molar-refractivity contribution < 1.29 is 9.18 Å². The molecule has 0 bridgehead atoms. The maximum atomic E-state index is 13.0. The van der Waals surface area contributed by atoms with E-state index in [1.54, 1.807) is 12.1 Å². The van der Waals surface area contributed by atoms with E-state index in [4.69, 9.17) is 0 Å². The molecule has 0 aliphatic carbocycles. The highest BCUT2D eigenvalue weighted by molar-refractivity contribution is 5.84. The molecule has 0 radical (unpaired) electrons. The summed E-state index contributed by atoms with van der Waals surface area (Å²) in [6, 6.07) is 6.21. The molecule has 1 fully saturated rings. The molecule has 3 nitrogen and oxygen atoms in total. The molecule has 0 saturated carbocycles. The lowest BCUT2D eigenvalue weighted by atomic mass is 10.1. The van der Waals surface area contributed by atoms with Gasteiger partial charge in [0.1, 0.15) is 12.0 Å². The van der Waals surface area contributed by atoms with Crippen molar-refractivity contribution >= 4 is 5.91 Å². The Kier molecular flexibility index (Phi) is 5.34. The summed E-state index contributed by atoms with van der Waals surface area (Å²) in [5.41, 5.74) is 0.943. The molecule has 1 aliphatic heterocycles. The van der Waals surface area contributed by atoms with Crippen molar-refractivity contribution in [1.82, 2.24) is 10.2 Å². The van der Waals surface area contributed by atoms with Gasteiger partial charge in [0.05, 0.1) is 6.04 Å². The molecule has 1 heterocycles. The van der Waals surface area contributed by atoms with Crippen LogP contribution in [-0.2, 0) is 4.79 Å². The van der Waals surface area contributed by atoms with Gasteiger partial charge < -0.3 is 4.90 Å². The number of nitrogens with zero attached hydrogens (tertiary/aromatic N) is 1. The zero-order chi connectivity index (χ0) is 15.4. The summed E-state index contributed by atoms with van der Waals surface area (Å²) in [6.07, 6.45) is 3.20. The van der Waals surface area contributed by atoms with Crippen molar-refractivity contribution in [3.63, 3.8) is 0 Å². The number of hydrogen-bond donors (Lipinski definition) is 1. The second-order valence-electron chi connectivity index (χ2n) is 6.26. The highest BCUT2D eigenvalue weighted by Gasteiger charge is 2.36. The van der Waals surface area contributed by atoms with Gasteiger partial charge >= 0.3 is 0 Å². The summed E-state index contributed by atoms with van der Waals surface area (Å²) in [4.78, 5) is 14.2. The first-order valence-corrected chi connectivity index (χ1v) is 7.81. The first-order chi connectivity index (χ1) is 9.99. The monoisotopic (exact) mass is 292 g/mol. The molecule has 4 heteroatoms. The number of halogens is 1. The quantitative estimate of drug-likeness (QED) is 0.814. The van der Waals surface area contributed by atoms with Crippen LogP contribution in [-0.4, -0.2) is 23.4 Å². The first kappa shape index (κ1) is 16.0. The van der Waals surface area contributed by atoms with Crippen LogP contribution in [0.2, 0.25) is 0 Å². The van der Waals surface area contributed by atoms with E-state index in [1.807, 2.05) is 11.8 Å². The maximum absolute atomic E-state index is 13.0. The highest BCUT2D eigenvalue weighted by atomic mass is 19.1. The highest BCUT2D eigenvalue weighted by Crippen LogP contribution is 2.26. The summed E-state index contributed by atoms with van der Waals surface area (Å²) in [5.74, 6) is 0.581. The van der Waals surface area contributed by atoms with Crippen molar-refractivity contribution in [2.75, 3.05) is 6.54 Å². The molecule has 21 heavy (non-hydrogen) atoms. The van der Waals surface area contributed by atoms with Crippen molar-refractivity contribution in [2.24, 2.45) is 5.92 Å². The fraction of sp³-hybridized carbons (Fsp3) is 0.588. The number of benzene rings is 1. The van der Waals surface area contributed by atoms with Gasteiger partial charge in [-0.25, -0.2) is 4.39 Å². The van der Waals surface area contributed by atoms with Crippen molar-refractivity contribution in [3.05, 3.63) is 35.6 Å². The van der Waals surface area contributed by atoms with Crippen LogP contribution in [0.3, 0.4) is 0 Å². The molecular formula is C17H25FN2O. The average molecular weight is 292 g/mol. The zero-order valence-electron chi connectivity index (χ0n) is 13.1. The zero-order valence-corrected chi connectivity index (χ0v) is 13.1. The topological polar surface area (TPSA) is 32.3 Å². The average Bonchev–Trinajstić information content (AvgIpc) is 2.72. The van der Waals surface area contributed by atoms with Gasteiger partial charge in [-0.1, -0.05) is 38.8 Å². The van der Waals surface area contributed by atoms with Crippen LogP contribution < -0.4 is 5.32 Å². The van der Waals surface area contributed by atoms with Crippen LogP contribution in [0, 0.1) is 11.7 Å². The van der Waals surface area contributed by atoms with E-state index in [-0.39, 0.29) is 23.9 Å². The Morgan fingerprint density at radius 1 is 1.24 bits per heavy atom. The number of hydrogen-bond acceptors (Lipinski definition) is 2. The normalized spacial score (nSPS) is 22.3. The molecule has 1 aliphatic rings. The molecule has 1 amide bonds. The molecule has 1 saturated heterocycles. The Morgan fingerprint density at radius 2 is 1.90 bits per heavy atom. The van der Waals surface area contributed by atoms with E-state index in [1.165, 1.54) is 18.6 Å². The van der Waals surface area contributed by atoms with Gasteiger partial charge in [0, 0.05) is 6.54 Å². The Bertz CT molecular complexity index is 472. The van der Waals surface area contributed by atoms with Crippen LogP contribution in [0.1, 0.15) is 51.8 Å². The molecular weight excluding hydrogens is 267 g/mol. The van der Waals surface area contributed by atoms with Crippen molar-refractivity contribution in [1.29, 1.82) is 0 Å². The second-order valence-corrected chi connectivity index (χ2v) is 6.26. The Balaban J connectivity index is 2.01. The summed E-state index contributed by atoms with van der Waals surface area (Å²) in [6.45, 7) is 7.07. The van der Waals surface area contributed by atoms with E-state index in [9.17, 15) is 9.18 Å². The second kappa shape index (κ2) is 7.03. The summed E-state index contributed by atoms with van der Waals surface area (Å²) < 4.78 is 13.0. The number of carbonyl (C=O) groups is 1. The van der Waals surface area contributed by atoms with Crippen LogP contribution in [0.25, 0.3) is 0 Å². The molecule has 116 valence electrons. The van der Waals surface area contributed by atoms with E-state index < -0.39 is 0 Å².